The van der Waals surface area contributed by atoms with E-state index in [2.05, 4.69) is 9.99 Å². The number of carbonyl (C=O) groups is 2. The van der Waals surface area contributed by atoms with Gasteiger partial charge in [-0.2, -0.15) is 13.2 Å². The SMILES string of the molecule is O=C(O)C1=NOC(C(=O)NCC(F)(F)F)C1. The van der Waals surface area contributed by atoms with Gasteiger partial charge in [0.1, 0.15) is 6.54 Å². The van der Waals surface area contributed by atoms with E-state index in [0.717, 1.165) is 0 Å². The number of carboxylic acids is 1. The molecule has 1 amide bonds. The largest absolute Gasteiger partial charge is 0.477 e. The van der Waals surface area contributed by atoms with Crippen molar-refractivity contribution in [2.24, 2.45) is 5.16 Å². The fourth-order valence-electron chi connectivity index (χ4n) is 0.945. The van der Waals surface area contributed by atoms with Crippen LogP contribution < -0.4 is 5.32 Å². The van der Waals surface area contributed by atoms with Crippen molar-refractivity contribution in [1.29, 1.82) is 0 Å². The number of hydrogen-bond donors (Lipinski definition) is 2. The molecule has 0 spiro atoms. The molecule has 9 heteroatoms. The fraction of sp³-hybridized carbons (Fsp3) is 0.571. The molecule has 0 radical (unpaired) electrons. The number of rotatable bonds is 3. The van der Waals surface area contributed by atoms with E-state index < -0.39 is 36.4 Å². The molecule has 90 valence electrons. The van der Waals surface area contributed by atoms with Gasteiger partial charge in [0.15, 0.2) is 5.71 Å². The maximum absolute atomic E-state index is 11.7. The zero-order valence-electron chi connectivity index (χ0n) is 7.74. The van der Waals surface area contributed by atoms with E-state index in [1.807, 2.05) is 0 Å². The van der Waals surface area contributed by atoms with Crippen molar-refractivity contribution in [3.63, 3.8) is 0 Å². The number of aliphatic carboxylic acids is 1. The highest BCUT2D eigenvalue weighted by atomic mass is 19.4. The average Bonchev–Trinajstić information content (AvgIpc) is 2.61. The van der Waals surface area contributed by atoms with E-state index in [0.29, 0.717) is 0 Å². The Morgan fingerprint density at radius 3 is 2.62 bits per heavy atom. The molecule has 1 aliphatic heterocycles. The Kier molecular flexibility index (Phi) is 3.35. The molecular formula is C7H7F3N2O4. The highest BCUT2D eigenvalue weighted by Crippen LogP contribution is 2.14. The molecule has 0 bridgehead atoms. The minimum absolute atomic E-state index is 0.348. The van der Waals surface area contributed by atoms with Crippen LogP contribution in [0.1, 0.15) is 6.42 Å². The zero-order valence-corrected chi connectivity index (χ0v) is 7.74. The molecule has 1 unspecified atom stereocenters. The Bertz CT molecular complexity index is 339. The highest BCUT2D eigenvalue weighted by Gasteiger charge is 2.34. The normalized spacial score (nSPS) is 19.9. The van der Waals surface area contributed by atoms with Crippen molar-refractivity contribution < 1.29 is 32.7 Å². The molecule has 0 saturated carbocycles. The molecule has 0 aromatic carbocycles. The summed E-state index contributed by atoms with van der Waals surface area (Å²) < 4.78 is 35.2. The van der Waals surface area contributed by atoms with Crippen LogP contribution in [-0.2, 0) is 14.4 Å². The summed E-state index contributed by atoms with van der Waals surface area (Å²) in [5.41, 5.74) is -0.396. The van der Waals surface area contributed by atoms with E-state index in [1.54, 1.807) is 5.32 Å². The summed E-state index contributed by atoms with van der Waals surface area (Å²) >= 11 is 0. The van der Waals surface area contributed by atoms with Crippen molar-refractivity contribution in [2.75, 3.05) is 6.54 Å². The first-order chi connectivity index (χ1) is 7.29. The number of halogens is 3. The Balaban J connectivity index is 2.39. The molecule has 0 aromatic heterocycles. The molecule has 0 aromatic rings. The molecule has 1 rings (SSSR count). The summed E-state index contributed by atoms with van der Waals surface area (Å²) in [5.74, 6) is -2.41. The molecule has 0 saturated heterocycles. The first-order valence-electron chi connectivity index (χ1n) is 4.10. The molecule has 16 heavy (non-hydrogen) atoms. The number of nitrogens with zero attached hydrogens (tertiary/aromatic N) is 1. The lowest BCUT2D eigenvalue weighted by molar-refractivity contribution is -0.144. The van der Waals surface area contributed by atoms with Gasteiger partial charge in [0.25, 0.3) is 5.91 Å². The second kappa shape index (κ2) is 4.37. The first-order valence-corrected chi connectivity index (χ1v) is 4.10. The van der Waals surface area contributed by atoms with Gasteiger partial charge >= 0.3 is 12.1 Å². The van der Waals surface area contributed by atoms with E-state index in [4.69, 9.17) is 5.11 Å². The number of hydrogen-bond acceptors (Lipinski definition) is 4. The maximum Gasteiger partial charge on any atom is 0.405 e. The average molecular weight is 240 g/mol. The van der Waals surface area contributed by atoms with Gasteiger partial charge in [-0.05, 0) is 0 Å². The minimum atomic E-state index is -4.52. The third-order valence-corrected chi connectivity index (χ3v) is 1.67. The van der Waals surface area contributed by atoms with Gasteiger partial charge in [0.05, 0.1) is 0 Å². The third-order valence-electron chi connectivity index (χ3n) is 1.67. The molecule has 1 aliphatic rings. The summed E-state index contributed by atoms with van der Waals surface area (Å²) in [6.07, 6.45) is -6.18. The van der Waals surface area contributed by atoms with Crippen molar-refractivity contribution in [3.8, 4) is 0 Å². The van der Waals surface area contributed by atoms with Crippen LogP contribution in [0.4, 0.5) is 13.2 Å². The van der Waals surface area contributed by atoms with Gasteiger partial charge in [0, 0.05) is 6.42 Å². The number of amides is 1. The smallest absolute Gasteiger partial charge is 0.405 e. The monoisotopic (exact) mass is 240 g/mol. The van der Waals surface area contributed by atoms with E-state index >= 15 is 0 Å². The van der Waals surface area contributed by atoms with Crippen LogP contribution in [0.5, 0.6) is 0 Å². The van der Waals surface area contributed by atoms with Crippen LogP contribution in [0, 0.1) is 0 Å². The Labute approximate surface area is 87.0 Å². The van der Waals surface area contributed by atoms with Crippen LogP contribution in [0.2, 0.25) is 0 Å². The summed E-state index contributed by atoms with van der Waals surface area (Å²) in [4.78, 5) is 25.8. The Morgan fingerprint density at radius 1 is 1.56 bits per heavy atom. The highest BCUT2D eigenvalue weighted by molar-refractivity contribution is 6.36. The molecular weight excluding hydrogens is 233 g/mol. The third kappa shape index (κ3) is 3.41. The van der Waals surface area contributed by atoms with E-state index in [9.17, 15) is 22.8 Å². The van der Waals surface area contributed by atoms with Crippen LogP contribution >= 0.6 is 0 Å². The molecule has 0 aliphatic carbocycles. The van der Waals surface area contributed by atoms with Gasteiger partial charge in [-0.15, -0.1) is 0 Å². The molecule has 0 fully saturated rings. The Hall–Kier alpha value is -1.80. The number of carboxylic acid groups (broad SMARTS) is 1. The minimum Gasteiger partial charge on any atom is -0.477 e. The lowest BCUT2D eigenvalue weighted by Crippen LogP contribution is -2.40. The van der Waals surface area contributed by atoms with Crippen molar-refractivity contribution in [1.82, 2.24) is 5.32 Å². The van der Waals surface area contributed by atoms with Gasteiger partial charge in [0.2, 0.25) is 6.10 Å². The first kappa shape index (κ1) is 12.3. The summed E-state index contributed by atoms with van der Waals surface area (Å²) in [6.45, 7) is -1.49. The predicted octanol–water partition coefficient (Wildman–Crippen LogP) is -0.106. The number of oxime groups is 1. The van der Waals surface area contributed by atoms with Crippen LogP contribution in [0.25, 0.3) is 0 Å². The van der Waals surface area contributed by atoms with Crippen molar-refractivity contribution >= 4 is 17.6 Å². The molecule has 6 nitrogen and oxygen atoms in total. The van der Waals surface area contributed by atoms with E-state index in [-0.39, 0.29) is 6.42 Å². The maximum atomic E-state index is 11.7. The van der Waals surface area contributed by atoms with Crippen molar-refractivity contribution in [2.45, 2.75) is 18.7 Å². The fourth-order valence-corrected chi connectivity index (χ4v) is 0.945. The molecule has 2 N–H and O–H groups in total. The van der Waals surface area contributed by atoms with Gasteiger partial charge in [-0.1, -0.05) is 5.16 Å². The van der Waals surface area contributed by atoms with Crippen molar-refractivity contribution in [3.05, 3.63) is 0 Å². The quantitative estimate of drug-likeness (QED) is 0.720. The van der Waals surface area contributed by atoms with Crippen LogP contribution in [0.3, 0.4) is 0 Å². The van der Waals surface area contributed by atoms with Crippen LogP contribution in [0.15, 0.2) is 5.16 Å². The zero-order chi connectivity index (χ0) is 12.3. The summed E-state index contributed by atoms with van der Waals surface area (Å²) in [6, 6.07) is 0. The lowest BCUT2D eigenvalue weighted by Gasteiger charge is -2.10. The number of carbonyl (C=O) groups excluding carboxylic acids is 1. The Morgan fingerprint density at radius 2 is 2.19 bits per heavy atom. The summed E-state index contributed by atoms with van der Waals surface area (Å²) in [7, 11) is 0. The van der Waals surface area contributed by atoms with E-state index in [1.165, 1.54) is 0 Å². The van der Waals surface area contributed by atoms with Gasteiger partial charge in [-0.3, -0.25) is 4.79 Å². The topological polar surface area (TPSA) is 88.0 Å². The number of nitrogens with one attached hydrogen (secondary N) is 1. The summed E-state index contributed by atoms with van der Waals surface area (Å²) in [5, 5.41) is 13.1. The van der Waals surface area contributed by atoms with Gasteiger partial charge in [-0.25, -0.2) is 4.79 Å². The molecule has 1 atom stereocenters. The predicted molar refractivity (Wildman–Crippen MR) is 43.6 cm³/mol. The van der Waals surface area contributed by atoms with Gasteiger partial charge < -0.3 is 15.3 Å². The second-order valence-corrected chi connectivity index (χ2v) is 2.97. The standard InChI is InChI=1S/C7H7F3N2O4/c8-7(9,10)2-11-5(13)4-1-3(6(14)15)12-16-4/h4H,1-2H2,(H,11,13)(H,14,15). The number of alkyl halides is 3. The second-order valence-electron chi connectivity index (χ2n) is 2.97. The van der Waals surface area contributed by atoms with Crippen LogP contribution in [-0.4, -0.2) is 41.5 Å². The lowest BCUT2D eigenvalue weighted by atomic mass is 10.2. The molecule has 1 heterocycles.